The molecule has 0 spiro atoms. The van der Waals surface area contributed by atoms with Crippen LogP contribution in [0.1, 0.15) is 12.8 Å². The van der Waals surface area contributed by atoms with Crippen LogP contribution in [0.5, 0.6) is 0 Å². The molecule has 0 radical (unpaired) electrons. The van der Waals surface area contributed by atoms with Crippen LogP contribution in [0.3, 0.4) is 0 Å². The number of aromatic nitrogens is 2. The average molecular weight is 471 g/mol. The zero-order valence-electron chi connectivity index (χ0n) is 16.3. The molecule has 3 rings (SSSR count). The Hall–Kier alpha value is -3.05. The molecule has 1 aromatic heterocycles. The van der Waals surface area contributed by atoms with Crippen LogP contribution in [-0.4, -0.2) is 36.8 Å². The van der Waals surface area contributed by atoms with Crippen LogP contribution in [0.4, 0.5) is 14.5 Å². The van der Waals surface area contributed by atoms with Gasteiger partial charge in [-0.25, -0.2) is 17.2 Å². The molecule has 0 saturated carbocycles. The highest BCUT2D eigenvalue weighted by Crippen LogP contribution is 2.25. The Morgan fingerprint density at radius 1 is 1.23 bits per heavy atom. The van der Waals surface area contributed by atoms with E-state index in [1.54, 1.807) is 24.3 Å². The highest BCUT2D eigenvalue weighted by Gasteiger charge is 2.30. The van der Waals surface area contributed by atoms with E-state index in [0.29, 0.717) is 21.0 Å². The Morgan fingerprint density at radius 2 is 1.94 bits per heavy atom. The second-order valence-corrected chi connectivity index (χ2v) is 8.81. The monoisotopic (exact) mass is 470 g/mol. The minimum Gasteiger partial charge on any atom is -0.345 e. The summed E-state index contributed by atoms with van der Waals surface area (Å²) in [6.07, 6.45) is 0.853. The molecule has 1 unspecified atom stereocenters. The molecule has 164 valence electrons. The van der Waals surface area contributed by atoms with Crippen molar-refractivity contribution >= 4 is 33.2 Å². The van der Waals surface area contributed by atoms with Crippen molar-refractivity contribution in [2.75, 3.05) is 10.6 Å². The largest absolute Gasteiger partial charge is 0.345 e. The number of halogens is 3. The van der Waals surface area contributed by atoms with E-state index in [2.05, 4.69) is 15.5 Å². The molecule has 0 aliphatic rings. The fraction of sp³-hybridized carbons (Fsp3) is 0.211. The lowest BCUT2D eigenvalue weighted by Gasteiger charge is -2.28. The zero-order chi connectivity index (χ0) is 22.8. The molecule has 31 heavy (non-hydrogen) atoms. The Morgan fingerprint density at radius 3 is 2.58 bits per heavy atom. The van der Waals surface area contributed by atoms with Gasteiger partial charge in [0.1, 0.15) is 6.04 Å². The topological polar surface area (TPSA) is 105 Å². The summed E-state index contributed by atoms with van der Waals surface area (Å²) in [7, 11) is -3.99. The van der Waals surface area contributed by atoms with E-state index in [-0.39, 0.29) is 23.9 Å². The van der Waals surface area contributed by atoms with Gasteiger partial charge in [0.05, 0.1) is 23.5 Å². The van der Waals surface area contributed by atoms with Crippen LogP contribution in [0.15, 0.2) is 47.0 Å². The summed E-state index contributed by atoms with van der Waals surface area (Å²) in [5.41, 5.74) is 0.350. The summed E-state index contributed by atoms with van der Waals surface area (Å²) in [5.74, 6) is -2.80. The molecule has 0 aliphatic carbocycles. The molecular formula is C19H17ClF2N4O4S. The standard InChI is InChI=1S/C19H17ClF2N4O4S/c1-11(26(31(2,28)29)12-7-8-15(21)16(22)9-12)19(27)23-10-17-24-18(25-30-17)13-5-3-4-6-14(13)20/h3-9,11H,10H2,1-2H3,(H,23,27). The number of amides is 1. The maximum atomic E-state index is 13.6. The van der Waals surface area contributed by atoms with Gasteiger partial charge in [-0.3, -0.25) is 9.10 Å². The Balaban J connectivity index is 1.74. The summed E-state index contributed by atoms with van der Waals surface area (Å²) < 4.78 is 57.0. The van der Waals surface area contributed by atoms with Gasteiger partial charge in [0.25, 0.3) is 0 Å². The minimum absolute atomic E-state index is 0.0641. The van der Waals surface area contributed by atoms with Gasteiger partial charge in [-0.15, -0.1) is 0 Å². The molecule has 8 nitrogen and oxygen atoms in total. The summed E-state index contributed by atoms with van der Waals surface area (Å²) >= 11 is 6.09. The van der Waals surface area contributed by atoms with E-state index in [1.807, 2.05) is 0 Å². The lowest BCUT2D eigenvalue weighted by Crippen LogP contribution is -2.47. The number of anilines is 1. The van der Waals surface area contributed by atoms with Gasteiger partial charge in [-0.2, -0.15) is 4.98 Å². The number of carbonyl (C=O) groups is 1. The van der Waals surface area contributed by atoms with Gasteiger partial charge < -0.3 is 9.84 Å². The first-order valence-corrected chi connectivity index (χ1v) is 11.1. The van der Waals surface area contributed by atoms with Crippen molar-refractivity contribution in [3.63, 3.8) is 0 Å². The molecule has 1 atom stereocenters. The molecule has 12 heteroatoms. The number of carbonyl (C=O) groups excluding carboxylic acids is 1. The molecule has 0 saturated heterocycles. The van der Waals surface area contributed by atoms with E-state index >= 15 is 0 Å². The number of sulfonamides is 1. The quantitative estimate of drug-likeness (QED) is 0.568. The maximum absolute atomic E-state index is 13.6. The summed E-state index contributed by atoms with van der Waals surface area (Å²) in [6, 6.07) is 8.13. The summed E-state index contributed by atoms with van der Waals surface area (Å²) in [5, 5.41) is 6.71. The molecule has 1 heterocycles. The highest BCUT2D eigenvalue weighted by atomic mass is 35.5. The van der Waals surface area contributed by atoms with Gasteiger partial charge >= 0.3 is 0 Å². The van der Waals surface area contributed by atoms with E-state index in [1.165, 1.54) is 6.92 Å². The average Bonchev–Trinajstić information content (AvgIpc) is 3.17. The maximum Gasteiger partial charge on any atom is 0.246 e. The number of rotatable bonds is 7. The van der Waals surface area contributed by atoms with E-state index in [0.717, 1.165) is 18.4 Å². The van der Waals surface area contributed by atoms with Crippen LogP contribution in [-0.2, 0) is 21.4 Å². The minimum atomic E-state index is -3.99. The first-order valence-electron chi connectivity index (χ1n) is 8.87. The van der Waals surface area contributed by atoms with Crippen molar-refractivity contribution in [1.82, 2.24) is 15.5 Å². The number of benzene rings is 2. The van der Waals surface area contributed by atoms with Crippen LogP contribution in [0.2, 0.25) is 5.02 Å². The second kappa shape index (κ2) is 8.98. The number of nitrogens with one attached hydrogen (secondary N) is 1. The van der Waals surface area contributed by atoms with Gasteiger partial charge in [0.2, 0.25) is 27.6 Å². The Bertz CT molecular complexity index is 1220. The number of hydrogen-bond donors (Lipinski definition) is 1. The SMILES string of the molecule is CC(C(=O)NCc1nc(-c2ccccc2Cl)no1)N(c1ccc(F)c(F)c1)S(C)(=O)=O. The third-order valence-electron chi connectivity index (χ3n) is 4.24. The predicted octanol–water partition coefficient (Wildman–Crippen LogP) is 3.14. The Kier molecular flexibility index (Phi) is 6.56. The Labute approximate surface area is 181 Å². The van der Waals surface area contributed by atoms with Crippen molar-refractivity contribution in [2.24, 2.45) is 0 Å². The molecule has 3 aromatic rings. The smallest absolute Gasteiger partial charge is 0.246 e. The molecular weight excluding hydrogens is 454 g/mol. The summed E-state index contributed by atoms with van der Waals surface area (Å²) in [4.78, 5) is 16.7. The third-order valence-corrected chi connectivity index (χ3v) is 5.81. The molecule has 1 amide bonds. The van der Waals surface area contributed by atoms with Gasteiger partial charge in [0.15, 0.2) is 11.6 Å². The van der Waals surface area contributed by atoms with Gasteiger partial charge in [-0.1, -0.05) is 28.9 Å². The molecule has 2 aromatic carbocycles. The molecule has 0 bridgehead atoms. The van der Waals surface area contributed by atoms with Crippen LogP contribution < -0.4 is 9.62 Å². The van der Waals surface area contributed by atoms with E-state index in [4.69, 9.17) is 16.1 Å². The molecule has 0 fully saturated rings. The van der Waals surface area contributed by atoms with Crippen molar-refractivity contribution in [3.05, 3.63) is 65.0 Å². The zero-order valence-corrected chi connectivity index (χ0v) is 17.9. The highest BCUT2D eigenvalue weighted by molar-refractivity contribution is 7.92. The first-order chi connectivity index (χ1) is 14.6. The third kappa shape index (κ3) is 5.17. The molecule has 1 N–H and O–H groups in total. The van der Waals surface area contributed by atoms with Crippen molar-refractivity contribution in [2.45, 2.75) is 19.5 Å². The van der Waals surface area contributed by atoms with Crippen LogP contribution >= 0.6 is 11.6 Å². The van der Waals surface area contributed by atoms with E-state index < -0.39 is 33.6 Å². The predicted molar refractivity (Wildman–Crippen MR) is 110 cm³/mol. The van der Waals surface area contributed by atoms with Gasteiger partial charge in [-0.05, 0) is 31.2 Å². The van der Waals surface area contributed by atoms with Crippen LogP contribution in [0, 0.1) is 11.6 Å². The lowest BCUT2D eigenvalue weighted by molar-refractivity contribution is -0.122. The lowest BCUT2D eigenvalue weighted by atomic mass is 10.2. The van der Waals surface area contributed by atoms with E-state index in [9.17, 15) is 22.0 Å². The molecule has 0 aliphatic heterocycles. The normalized spacial score (nSPS) is 12.4. The van der Waals surface area contributed by atoms with Crippen LogP contribution in [0.25, 0.3) is 11.4 Å². The van der Waals surface area contributed by atoms with Crippen molar-refractivity contribution in [1.29, 1.82) is 0 Å². The van der Waals surface area contributed by atoms with Crippen molar-refractivity contribution in [3.8, 4) is 11.4 Å². The van der Waals surface area contributed by atoms with Gasteiger partial charge in [0, 0.05) is 11.6 Å². The fourth-order valence-electron chi connectivity index (χ4n) is 2.82. The van der Waals surface area contributed by atoms with Crippen molar-refractivity contribution < 1.29 is 26.5 Å². The number of nitrogens with zero attached hydrogens (tertiary/aromatic N) is 3. The fourth-order valence-corrected chi connectivity index (χ4v) is 4.21. The number of hydrogen-bond acceptors (Lipinski definition) is 6. The summed E-state index contributed by atoms with van der Waals surface area (Å²) in [6.45, 7) is 1.12. The first kappa shape index (κ1) is 22.6. The second-order valence-electron chi connectivity index (χ2n) is 6.54.